The quantitative estimate of drug-likeness (QED) is 0.850. The molecule has 0 saturated heterocycles. The molecule has 0 unspecified atom stereocenters. The highest BCUT2D eigenvalue weighted by Crippen LogP contribution is 2.21. The van der Waals surface area contributed by atoms with Crippen LogP contribution in [0.5, 0.6) is 0 Å². The van der Waals surface area contributed by atoms with Crippen LogP contribution >= 0.6 is 15.9 Å². The number of nitrogens with one attached hydrogen (secondary N) is 2. The van der Waals surface area contributed by atoms with Gasteiger partial charge in [0.05, 0.1) is 4.47 Å². The van der Waals surface area contributed by atoms with E-state index in [-0.39, 0.29) is 5.91 Å². The highest BCUT2D eigenvalue weighted by Gasteiger charge is 2.10. The molecule has 1 aromatic heterocycles. The zero-order valence-electron chi connectivity index (χ0n) is 12.1. The summed E-state index contributed by atoms with van der Waals surface area (Å²) in [5, 5.41) is 6.14. The molecule has 0 saturated carbocycles. The number of anilines is 2. The SMILES string of the molecule is CCCNc1ccc(C(=O)Nc2ncccc2Br)cc1C. The highest BCUT2D eigenvalue weighted by molar-refractivity contribution is 9.10. The van der Waals surface area contributed by atoms with E-state index in [4.69, 9.17) is 0 Å². The van der Waals surface area contributed by atoms with E-state index in [1.165, 1.54) is 0 Å². The Bertz CT molecular complexity index is 643. The van der Waals surface area contributed by atoms with Crippen LogP contribution in [0.2, 0.25) is 0 Å². The van der Waals surface area contributed by atoms with Crippen molar-refractivity contribution in [2.75, 3.05) is 17.2 Å². The number of hydrogen-bond acceptors (Lipinski definition) is 3. The lowest BCUT2D eigenvalue weighted by Crippen LogP contribution is -2.14. The van der Waals surface area contributed by atoms with E-state index in [0.29, 0.717) is 11.4 Å². The number of halogens is 1. The van der Waals surface area contributed by atoms with Gasteiger partial charge < -0.3 is 10.6 Å². The maximum Gasteiger partial charge on any atom is 0.256 e. The topological polar surface area (TPSA) is 54.0 Å². The van der Waals surface area contributed by atoms with Gasteiger partial charge >= 0.3 is 0 Å². The van der Waals surface area contributed by atoms with E-state index in [2.05, 4.69) is 38.5 Å². The Hall–Kier alpha value is -1.88. The van der Waals surface area contributed by atoms with E-state index >= 15 is 0 Å². The number of nitrogens with zero attached hydrogens (tertiary/aromatic N) is 1. The van der Waals surface area contributed by atoms with E-state index in [1.807, 2.05) is 31.2 Å². The summed E-state index contributed by atoms with van der Waals surface area (Å²) < 4.78 is 0.760. The molecule has 2 rings (SSSR count). The highest BCUT2D eigenvalue weighted by atomic mass is 79.9. The first-order valence-electron chi connectivity index (χ1n) is 6.88. The molecule has 1 amide bonds. The summed E-state index contributed by atoms with van der Waals surface area (Å²) in [5.41, 5.74) is 2.73. The second-order valence-corrected chi connectivity index (χ2v) is 5.60. The van der Waals surface area contributed by atoms with Gasteiger partial charge in [-0.25, -0.2) is 4.98 Å². The molecule has 5 heteroatoms. The number of hydrogen-bond donors (Lipinski definition) is 2. The molecule has 21 heavy (non-hydrogen) atoms. The number of aromatic nitrogens is 1. The molecule has 0 bridgehead atoms. The summed E-state index contributed by atoms with van der Waals surface area (Å²) in [6, 6.07) is 9.28. The Balaban J connectivity index is 2.13. The first-order chi connectivity index (χ1) is 10.1. The monoisotopic (exact) mass is 347 g/mol. The van der Waals surface area contributed by atoms with Crippen molar-refractivity contribution < 1.29 is 4.79 Å². The van der Waals surface area contributed by atoms with Gasteiger partial charge in [-0.1, -0.05) is 6.92 Å². The van der Waals surface area contributed by atoms with E-state index < -0.39 is 0 Å². The summed E-state index contributed by atoms with van der Waals surface area (Å²) in [5.74, 6) is 0.355. The van der Waals surface area contributed by atoms with Crippen molar-refractivity contribution in [1.82, 2.24) is 4.98 Å². The molecule has 2 aromatic rings. The van der Waals surface area contributed by atoms with Crippen LogP contribution in [0.25, 0.3) is 0 Å². The fourth-order valence-corrected chi connectivity index (χ4v) is 2.27. The Kier molecular flexibility index (Phi) is 5.33. The summed E-state index contributed by atoms with van der Waals surface area (Å²) >= 11 is 3.36. The second kappa shape index (κ2) is 7.22. The molecule has 0 radical (unpaired) electrons. The zero-order chi connectivity index (χ0) is 15.2. The molecule has 4 nitrogen and oxygen atoms in total. The van der Waals surface area contributed by atoms with Crippen LogP contribution in [-0.2, 0) is 0 Å². The summed E-state index contributed by atoms with van der Waals surface area (Å²) in [6.45, 7) is 5.04. The van der Waals surface area contributed by atoms with Crippen LogP contribution in [0.4, 0.5) is 11.5 Å². The van der Waals surface area contributed by atoms with Crippen LogP contribution in [0, 0.1) is 6.92 Å². The van der Waals surface area contributed by atoms with Gasteiger partial charge in [-0.3, -0.25) is 4.79 Å². The molecule has 1 aromatic carbocycles. The van der Waals surface area contributed by atoms with E-state index in [1.54, 1.807) is 12.3 Å². The number of rotatable bonds is 5. The molecule has 0 atom stereocenters. The average molecular weight is 348 g/mol. The first-order valence-corrected chi connectivity index (χ1v) is 7.67. The van der Waals surface area contributed by atoms with Crippen LogP contribution in [0.15, 0.2) is 41.0 Å². The van der Waals surface area contributed by atoms with Crippen molar-refractivity contribution in [3.05, 3.63) is 52.1 Å². The minimum absolute atomic E-state index is 0.167. The molecule has 0 fully saturated rings. The molecular formula is C16H18BrN3O. The summed E-state index contributed by atoms with van der Waals surface area (Å²) in [6.07, 6.45) is 2.71. The smallest absolute Gasteiger partial charge is 0.256 e. The van der Waals surface area contributed by atoms with Crippen molar-refractivity contribution in [1.29, 1.82) is 0 Å². The van der Waals surface area contributed by atoms with Gasteiger partial charge in [0.15, 0.2) is 0 Å². The molecule has 0 aliphatic carbocycles. The predicted octanol–water partition coefficient (Wildman–Crippen LogP) is 4.23. The second-order valence-electron chi connectivity index (χ2n) is 4.74. The van der Waals surface area contributed by atoms with Crippen LogP contribution in [0.1, 0.15) is 29.3 Å². The van der Waals surface area contributed by atoms with Crippen molar-refractivity contribution >= 4 is 33.3 Å². The number of benzene rings is 1. The van der Waals surface area contributed by atoms with Gasteiger partial charge in [0.1, 0.15) is 5.82 Å². The maximum atomic E-state index is 12.3. The Labute approximate surface area is 133 Å². The van der Waals surface area contributed by atoms with Gasteiger partial charge in [-0.05, 0) is 65.2 Å². The molecule has 0 aliphatic heterocycles. The van der Waals surface area contributed by atoms with Gasteiger partial charge in [-0.2, -0.15) is 0 Å². The van der Waals surface area contributed by atoms with Gasteiger partial charge in [0.25, 0.3) is 5.91 Å². The van der Waals surface area contributed by atoms with Gasteiger partial charge in [-0.15, -0.1) is 0 Å². The molecular weight excluding hydrogens is 330 g/mol. The summed E-state index contributed by atoms with van der Waals surface area (Å²) in [4.78, 5) is 16.4. The number of aryl methyl sites for hydroxylation is 1. The number of carbonyl (C=O) groups is 1. The number of amides is 1. The predicted molar refractivity (Wildman–Crippen MR) is 89.8 cm³/mol. The van der Waals surface area contributed by atoms with Crippen molar-refractivity contribution in [2.24, 2.45) is 0 Å². The lowest BCUT2D eigenvalue weighted by atomic mass is 10.1. The third-order valence-electron chi connectivity index (χ3n) is 3.04. The number of carbonyl (C=O) groups excluding carboxylic acids is 1. The Morgan fingerprint density at radius 3 is 2.81 bits per heavy atom. The van der Waals surface area contributed by atoms with Crippen molar-refractivity contribution in [3.8, 4) is 0 Å². The van der Waals surface area contributed by atoms with E-state index in [0.717, 1.165) is 28.7 Å². The van der Waals surface area contributed by atoms with Gasteiger partial charge in [0.2, 0.25) is 0 Å². The lowest BCUT2D eigenvalue weighted by molar-refractivity contribution is 0.102. The van der Waals surface area contributed by atoms with Crippen molar-refractivity contribution in [2.45, 2.75) is 20.3 Å². The Morgan fingerprint density at radius 1 is 1.33 bits per heavy atom. The Morgan fingerprint density at radius 2 is 2.14 bits per heavy atom. The normalized spacial score (nSPS) is 10.2. The molecule has 110 valence electrons. The fraction of sp³-hybridized carbons (Fsp3) is 0.250. The fourth-order valence-electron chi connectivity index (χ4n) is 1.92. The minimum Gasteiger partial charge on any atom is -0.385 e. The minimum atomic E-state index is -0.167. The van der Waals surface area contributed by atoms with Gasteiger partial charge in [0, 0.05) is 24.0 Å². The standard InChI is InChI=1S/C16H18BrN3O/c1-3-8-18-14-7-6-12(10-11(14)2)16(21)20-15-13(17)5-4-9-19-15/h4-7,9-10,18H,3,8H2,1-2H3,(H,19,20,21). The van der Waals surface area contributed by atoms with Crippen LogP contribution in [-0.4, -0.2) is 17.4 Å². The first kappa shape index (κ1) is 15.5. The van der Waals surface area contributed by atoms with E-state index in [9.17, 15) is 4.79 Å². The lowest BCUT2D eigenvalue weighted by Gasteiger charge is -2.11. The van der Waals surface area contributed by atoms with Crippen LogP contribution < -0.4 is 10.6 Å². The average Bonchev–Trinajstić information content (AvgIpc) is 2.48. The number of pyridine rings is 1. The molecule has 1 heterocycles. The van der Waals surface area contributed by atoms with Crippen molar-refractivity contribution in [3.63, 3.8) is 0 Å². The third kappa shape index (κ3) is 4.04. The maximum absolute atomic E-state index is 12.3. The van der Waals surface area contributed by atoms with Crippen LogP contribution in [0.3, 0.4) is 0 Å². The largest absolute Gasteiger partial charge is 0.385 e. The molecule has 0 aliphatic rings. The molecule has 2 N–H and O–H groups in total. The molecule has 0 spiro atoms. The zero-order valence-corrected chi connectivity index (χ0v) is 13.7. The third-order valence-corrected chi connectivity index (χ3v) is 3.68. The summed E-state index contributed by atoms with van der Waals surface area (Å²) in [7, 11) is 0.